The van der Waals surface area contributed by atoms with Crippen LogP contribution in [-0.2, 0) is 10.1 Å². The molecule has 0 spiro atoms. The van der Waals surface area contributed by atoms with Crippen LogP contribution in [-0.4, -0.2) is 18.1 Å². The maximum atomic E-state index is 11.2. The number of carbonyl (C=O) groups excluding carboxylic acids is 1. The Labute approximate surface area is 94.4 Å². The van der Waals surface area contributed by atoms with Crippen molar-refractivity contribution in [2.24, 2.45) is 0 Å². The van der Waals surface area contributed by atoms with Gasteiger partial charge in [0.15, 0.2) is 5.58 Å². The Hall–Kier alpha value is -1.36. The lowest BCUT2D eigenvalue weighted by atomic mass is 10.2. The summed E-state index contributed by atoms with van der Waals surface area (Å²) < 4.78 is 9.99. The third-order valence-electron chi connectivity index (χ3n) is 1.97. The molecule has 0 bridgehead atoms. The average Bonchev–Trinajstić information content (AvgIpc) is 2.69. The lowest BCUT2D eigenvalue weighted by Crippen LogP contribution is -2.00. The summed E-state index contributed by atoms with van der Waals surface area (Å²) in [6.45, 7) is 0. The van der Waals surface area contributed by atoms with Crippen molar-refractivity contribution < 1.29 is 13.9 Å². The number of ether oxygens (including phenoxy) is 1. The van der Waals surface area contributed by atoms with E-state index in [0.717, 1.165) is 5.52 Å². The number of aromatic nitrogens is 1. The van der Waals surface area contributed by atoms with E-state index in [9.17, 15) is 4.79 Å². The molecule has 1 aromatic carbocycles. The standard InChI is InChI=1S/C10H8BrNO3/c1-14-10(13)6-2-3-7-8(4-6)15-9(5-11)12-7/h2-4H,5H2,1H3. The maximum absolute atomic E-state index is 11.2. The minimum absolute atomic E-state index is 0.381. The van der Waals surface area contributed by atoms with Gasteiger partial charge in [0.2, 0.25) is 5.89 Å². The summed E-state index contributed by atoms with van der Waals surface area (Å²) in [7, 11) is 1.34. The second-order valence-electron chi connectivity index (χ2n) is 2.92. The number of rotatable bonds is 2. The Kier molecular flexibility index (Phi) is 2.73. The van der Waals surface area contributed by atoms with E-state index < -0.39 is 0 Å². The van der Waals surface area contributed by atoms with Crippen LogP contribution in [0.15, 0.2) is 22.6 Å². The quantitative estimate of drug-likeness (QED) is 0.621. The molecule has 0 aliphatic heterocycles. The minimum atomic E-state index is -0.381. The van der Waals surface area contributed by atoms with Crippen LogP contribution < -0.4 is 0 Å². The number of hydrogen-bond acceptors (Lipinski definition) is 4. The lowest BCUT2D eigenvalue weighted by Gasteiger charge is -1.96. The molecule has 0 aliphatic carbocycles. The summed E-state index contributed by atoms with van der Waals surface area (Å²) in [5.41, 5.74) is 1.78. The second-order valence-corrected chi connectivity index (χ2v) is 3.48. The molecule has 2 rings (SSSR count). The zero-order chi connectivity index (χ0) is 10.8. The van der Waals surface area contributed by atoms with E-state index in [1.807, 2.05) is 0 Å². The highest BCUT2D eigenvalue weighted by Gasteiger charge is 2.09. The summed E-state index contributed by atoms with van der Waals surface area (Å²) >= 11 is 3.25. The molecular weight excluding hydrogens is 262 g/mol. The Balaban J connectivity index is 2.50. The average molecular weight is 270 g/mol. The predicted octanol–water partition coefficient (Wildman–Crippen LogP) is 2.51. The summed E-state index contributed by atoms with van der Waals surface area (Å²) in [5, 5.41) is 0.551. The van der Waals surface area contributed by atoms with Crippen molar-refractivity contribution >= 4 is 33.0 Å². The minimum Gasteiger partial charge on any atom is -0.465 e. The van der Waals surface area contributed by atoms with Gasteiger partial charge in [0.1, 0.15) is 5.52 Å². The fourth-order valence-corrected chi connectivity index (χ4v) is 1.51. The molecule has 0 radical (unpaired) electrons. The van der Waals surface area contributed by atoms with Gasteiger partial charge in [0, 0.05) is 0 Å². The van der Waals surface area contributed by atoms with Gasteiger partial charge in [-0.05, 0) is 18.2 Å². The van der Waals surface area contributed by atoms with Gasteiger partial charge < -0.3 is 9.15 Å². The highest BCUT2D eigenvalue weighted by molar-refractivity contribution is 9.08. The van der Waals surface area contributed by atoms with Crippen molar-refractivity contribution in [3.05, 3.63) is 29.7 Å². The van der Waals surface area contributed by atoms with Crippen LogP contribution in [0.2, 0.25) is 0 Å². The first-order chi connectivity index (χ1) is 7.24. The van der Waals surface area contributed by atoms with E-state index in [0.29, 0.717) is 22.4 Å². The molecule has 1 heterocycles. The fourth-order valence-electron chi connectivity index (χ4n) is 1.27. The molecule has 0 saturated heterocycles. The van der Waals surface area contributed by atoms with Crippen LogP contribution in [0.25, 0.3) is 11.1 Å². The van der Waals surface area contributed by atoms with Crippen molar-refractivity contribution in [3.8, 4) is 0 Å². The number of benzene rings is 1. The Morgan fingerprint density at radius 3 is 3.07 bits per heavy atom. The number of halogens is 1. The van der Waals surface area contributed by atoms with E-state index >= 15 is 0 Å². The molecule has 0 atom stereocenters. The van der Waals surface area contributed by atoms with Crippen molar-refractivity contribution in [3.63, 3.8) is 0 Å². The van der Waals surface area contributed by atoms with E-state index in [2.05, 4.69) is 25.7 Å². The van der Waals surface area contributed by atoms with E-state index in [1.165, 1.54) is 7.11 Å². The molecule has 0 amide bonds. The summed E-state index contributed by atoms with van der Waals surface area (Å²) in [6, 6.07) is 5.02. The van der Waals surface area contributed by atoms with Gasteiger partial charge in [0.25, 0.3) is 0 Å². The van der Waals surface area contributed by atoms with Gasteiger partial charge in [-0.25, -0.2) is 9.78 Å². The molecule has 1 aromatic heterocycles. The zero-order valence-electron chi connectivity index (χ0n) is 7.99. The van der Waals surface area contributed by atoms with Gasteiger partial charge in [-0.1, -0.05) is 15.9 Å². The number of hydrogen-bond donors (Lipinski definition) is 0. The third kappa shape index (κ3) is 1.87. The van der Waals surface area contributed by atoms with Crippen LogP contribution in [0, 0.1) is 0 Å². The summed E-state index contributed by atoms with van der Waals surface area (Å²) in [6.07, 6.45) is 0. The second kappa shape index (κ2) is 4.02. The Morgan fingerprint density at radius 1 is 1.60 bits per heavy atom. The van der Waals surface area contributed by atoms with Crippen molar-refractivity contribution in [1.29, 1.82) is 0 Å². The van der Waals surface area contributed by atoms with Crippen LogP contribution in [0.3, 0.4) is 0 Å². The van der Waals surface area contributed by atoms with Crippen molar-refractivity contribution in [2.45, 2.75) is 5.33 Å². The normalized spacial score (nSPS) is 10.5. The third-order valence-corrected chi connectivity index (χ3v) is 2.45. The number of alkyl halides is 1. The van der Waals surface area contributed by atoms with Gasteiger partial charge in [-0.15, -0.1) is 0 Å². The number of nitrogens with zero attached hydrogens (tertiary/aromatic N) is 1. The molecular formula is C10H8BrNO3. The molecule has 0 fully saturated rings. The predicted molar refractivity (Wildman–Crippen MR) is 58.0 cm³/mol. The summed E-state index contributed by atoms with van der Waals surface area (Å²) in [5.74, 6) is 0.209. The highest BCUT2D eigenvalue weighted by atomic mass is 79.9. The van der Waals surface area contributed by atoms with Gasteiger partial charge >= 0.3 is 5.97 Å². The Morgan fingerprint density at radius 2 is 2.40 bits per heavy atom. The molecule has 0 unspecified atom stereocenters. The first-order valence-corrected chi connectivity index (χ1v) is 5.40. The van der Waals surface area contributed by atoms with Crippen LogP contribution in [0.4, 0.5) is 0 Å². The Bertz CT molecular complexity index is 506. The topological polar surface area (TPSA) is 52.3 Å². The number of esters is 1. The fraction of sp³-hybridized carbons (Fsp3) is 0.200. The molecule has 0 N–H and O–H groups in total. The molecule has 78 valence electrons. The van der Waals surface area contributed by atoms with E-state index in [4.69, 9.17) is 4.42 Å². The molecule has 0 aliphatic rings. The lowest BCUT2D eigenvalue weighted by molar-refractivity contribution is 0.0601. The molecule has 2 aromatic rings. The number of methoxy groups -OCH3 is 1. The molecule has 5 heteroatoms. The van der Waals surface area contributed by atoms with Gasteiger partial charge in [-0.3, -0.25) is 0 Å². The van der Waals surface area contributed by atoms with Crippen LogP contribution in [0.1, 0.15) is 16.2 Å². The monoisotopic (exact) mass is 269 g/mol. The maximum Gasteiger partial charge on any atom is 0.337 e. The summed E-state index contributed by atoms with van der Waals surface area (Å²) in [4.78, 5) is 15.4. The zero-order valence-corrected chi connectivity index (χ0v) is 9.58. The molecule has 4 nitrogen and oxygen atoms in total. The molecule has 15 heavy (non-hydrogen) atoms. The number of carbonyl (C=O) groups is 1. The number of oxazole rings is 1. The largest absolute Gasteiger partial charge is 0.465 e. The molecule has 0 saturated carbocycles. The van der Waals surface area contributed by atoms with Crippen LogP contribution >= 0.6 is 15.9 Å². The first kappa shape index (κ1) is 10.2. The van der Waals surface area contributed by atoms with Crippen LogP contribution in [0.5, 0.6) is 0 Å². The van der Waals surface area contributed by atoms with E-state index in [1.54, 1.807) is 18.2 Å². The SMILES string of the molecule is COC(=O)c1ccc2nc(CBr)oc2c1. The number of fused-ring (bicyclic) bond motifs is 1. The van der Waals surface area contributed by atoms with Gasteiger partial charge in [0.05, 0.1) is 18.0 Å². The highest BCUT2D eigenvalue weighted by Crippen LogP contribution is 2.19. The van der Waals surface area contributed by atoms with E-state index in [-0.39, 0.29) is 5.97 Å². The first-order valence-electron chi connectivity index (χ1n) is 4.28. The van der Waals surface area contributed by atoms with Crippen molar-refractivity contribution in [1.82, 2.24) is 4.98 Å². The van der Waals surface area contributed by atoms with Gasteiger partial charge in [-0.2, -0.15) is 0 Å². The smallest absolute Gasteiger partial charge is 0.337 e. The van der Waals surface area contributed by atoms with Crippen molar-refractivity contribution in [2.75, 3.05) is 7.11 Å².